The molecule has 0 aliphatic carbocycles. The monoisotopic (exact) mass is 1810 g/mol. The number of rotatable bonds is 24. The largest absolute Gasteiger partial charge is 1.00 e. The first-order valence-corrected chi connectivity index (χ1v) is 41.5. The molecule has 4 N–H and O–H groups in total. The first-order valence-electron chi connectivity index (χ1n) is 41.1. The molecule has 0 amide bonds. The molecule has 0 saturated carbocycles. The van der Waals surface area contributed by atoms with E-state index < -0.39 is 23.2 Å². The number of anilines is 1. The van der Waals surface area contributed by atoms with Crippen molar-refractivity contribution >= 4 is 119 Å². The summed E-state index contributed by atoms with van der Waals surface area (Å²) in [6.45, 7) is 46.1. The number of hydrogen-bond acceptors (Lipinski definition) is 16. The number of benzene rings is 10. The van der Waals surface area contributed by atoms with Gasteiger partial charge in [-0.3, -0.25) is 28.8 Å². The third kappa shape index (κ3) is 45.9. The molecule has 0 unspecified atom stereocenters. The van der Waals surface area contributed by atoms with Gasteiger partial charge in [0, 0.05) is 67.5 Å². The minimum Gasteiger partial charge on any atom is -1.00 e. The normalized spacial score (nSPS) is 10.5. The Morgan fingerprint density at radius 3 is 1.12 bits per heavy atom. The number of esters is 4. The lowest BCUT2D eigenvalue weighted by Gasteiger charge is -2.20. The lowest BCUT2D eigenvalue weighted by atomic mass is 9.92. The van der Waals surface area contributed by atoms with Gasteiger partial charge in [0.05, 0.1) is 12.8 Å². The van der Waals surface area contributed by atoms with Crippen LogP contribution in [0.2, 0.25) is 0 Å². The van der Waals surface area contributed by atoms with E-state index in [-0.39, 0.29) is 103 Å². The summed E-state index contributed by atoms with van der Waals surface area (Å²) >= 11 is 5.30. The summed E-state index contributed by atoms with van der Waals surface area (Å²) in [5.41, 5.74) is 20.3. The number of para-hydroxylation sites is 2. The second-order valence-corrected chi connectivity index (χ2v) is 31.1. The van der Waals surface area contributed by atoms with E-state index in [4.69, 9.17) is 40.8 Å². The van der Waals surface area contributed by atoms with Gasteiger partial charge in [-0.25, -0.2) is 9.48 Å². The van der Waals surface area contributed by atoms with E-state index >= 15 is 0 Å². The minimum absolute atomic E-state index is 0. The van der Waals surface area contributed by atoms with Gasteiger partial charge >= 0.3 is 29.8 Å². The van der Waals surface area contributed by atoms with Crippen LogP contribution in [0.25, 0.3) is 42.5 Å². The lowest BCUT2D eigenvalue weighted by molar-refractivity contribution is -0.425. The van der Waals surface area contributed by atoms with Crippen molar-refractivity contribution in [2.75, 3.05) is 18.0 Å². The molecule has 696 valence electrons. The zero-order valence-electron chi connectivity index (χ0n) is 75.3. The van der Waals surface area contributed by atoms with Crippen LogP contribution in [0.4, 0.5) is 11.4 Å². The number of ketones is 2. The highest BCUT2D eigenvalue weighted by molar-refractivity contribution is 6.67. The van der Waals surface area contributed by atoms with Gasteiger partial charge in [-0.1, -0.05) is 286 Å². The van der Waals surface area contributed by atoms with Crippen molar-refractivity contribution in [3.8, 4) is 40.2 Å². The van der Waals surface area contributed by atoms with Crippen LogP contribution >= 0.6 is 11.6 Å². The summed E-state index contributed by atoms with van der Waals surface area (Å²) in [6.07, 6.45) is 15.8. The number of nitrogens with zero attached hydrogens (tertiary/aromatic N) is 2. The Bertz CT molecular complexity index is 5120. The van der Waals surface area contributed by atoms with E-state index in [1.807, 2.05) is 55.5 Å². The van der Waals surface area contributed by atoms with Crippen molar-refractivity contribution in [1.29, 1.82) is 0 Å². The highest BCUT2D eigenvalue weighted by atomic mass is 35.5. The fraction of sp³-hybridized carbons (Fsp3) is 0.282. The molecule has 0 aromatic heterocycles. The number of carboxylic acids is 1. The SMILES string of the molecule is C.C.C.C.C=Cc1ccc(C)cc1.C=Cc1ccc(O)cc1.C=Cc1ccc(OC(=O)CCC(C)=O)cc1.CC(=O)CCC(=O)O.CC(=O)Oc1cc(C)cc(/C=C/c2ccc(C)cc2)c1.CC(=O)Oc1cc(C)cc(C(=O)Cl)c1.CC(=O)Oc1cc(O)cc(/C=C/c2ccc(O)cc2)c1.CC(C)c1cccc(C(C)C)c1N1C=[N+](c2c(C(C)C)cccc2C(C)C)CC1.[Cl-]. The number of carboxylic acid groups (broad SMARTS) is 1. The molecule has 11 rings (SSSR count). The van der Waals surface area contributed by atoms with Gasteiger partial charge in [0.1, 0.15) is 76.3 Å². The van der Waals surface area contributed by atoms with Crippen molar-refractivity contribution in [2.45, 2.75) is 197 Å². The van der Waals surface area contributed by atoms with E-state index in [1.54, 1.807) is 110 Å². The molecule has 10 aromatic rings. The maximum atomic E-state index is 11.3. The smallest absolute Gasteiger partial charge is 0.311 e. The first-order chi connectivity index (χ1) is 59.1. The van der Waals surface area contributed by atoms with Crippen molar-refractivity contribution in [3.05, 3.63) is 321 Å². The maximum absolute atomic E-state index is 11.3. The van der Waals surface area contributed by atoms with Gasteiger partial charge in [-0.2, -0.15) is 0 Å². The molecule has 1 aliphatic rings. The molecule has 0 spiro atoms. The maximum Gasteiger partial charge on any atom is 0.311 e. The van der Waals surface area contributed by atoms with Crippen molar-refractivity contribution in [2.24, 2.45) is 0 Å². The van der Waals surface area contributed by atoms with Crippen molar-refractivity contribution in [1.82, 2.24) is 0 Å². The van der Waals surface area contributed by atoms with Crippen LogP contribution in [0.15, 0.2) is 232 Å². The molecule has 0 atom stereocenters. The number of phenolic OH excluding ortho intramolecular Hbond substituents is 3. The highest BCUT2D eigenvalue weighted by Crippen LogP contribution is 2.39. The van der Waals surface area contributed by atoms with Gasteiger partial charge in [-0.05, 0) is 206 Å². The number of hydrogen-bond donors (Lipinski definition) is 4. The van der Waals surface area contributed by atoms with Crippen molar-refractivity contribution in [3.63, 3.8) is 0 Å². The average Bonchev–Trinajstić information content (AvgIpc) is 1.58. The van der Waals surface area contributed by atoms with Crippen LogP contribution in [0, 0.1) is 27.7 Å². The van der Waals surface area contributed by atoms with Crippen LogP contribution in [0.1, 0.15) is 263 Å². The van der Waals surface area contributed by atoms with Crippen molar-refractivity contribution < 1.29 is 94.7 Å². The molecule has 130 heavy (non-hydrogen) atoms. The van der Waals surface area contributed by atoms with Crippen LogP contribution in [0.3, 0.4) is 0 Å². The van der Waals surface area contributed by atoms with Gasteiger partial charge < -0.3 is 61.4 Å². The first kappa shape index (κ1) is 119. The predicted molar refractivity (Wildman–Crippen MR) is 535 cm³/mol. The van der Waals surface area contributed by atoms with E-state index in [0.29, 0.717) is 63.5 Å². The Morgan fingerprint density at radius 2 is 0.738 bits per heavy atom. The molecule has 1 heterocycles. The second kappa shape index (κ2) is 62.0. The fourth-order valence-electron chi connectivity index (χ4n) is 12.0. The zero-order valence-corrected chi connectivity index (χ0v) is 76.8. The second-order valence-electron chi connectivity index (χ2n) is 30.7. The van der Waals surface area contributed by atoms with Crippen LogP contribution in [-0.4, -0.2) is 91.1 Å². The number of carbonyl (C=O) groups excluding carboxylic acids is 7. The summed E-state index contributed by atoms with van der Waals surface area (Å²) in [5.74, 6) is 1.71. The van der Waals surface area contributed by atoms with Gasteiger partial charge in [0.25, 0.3) is 5.24 Å². The Labute approximate surface area is 784 Å². The number of ether oxygens (including phenoxy) is 4. The number of phenols is 3. The third-order valence-electron chi connectivity index (χ3n) is 18.2. The molecular weight excluding hydrogens is 1680 g/mol. The Balaban J connectivity index is 0. The van der Waals surface area contributed by atoms with E-state index in [2.05, 4.69) is 196 Å². The number of aliphatic carboxylic acids is 1. The number of aryl methyl sites for hydroxylation is 4. The summed E-state index contributed by atoms with van der Waals surface area (Å²) < 4.78 is 22.4. The standard InChI is InChI=1S/C27H39N2.C18H18O2.C16H14O4.C13H14O3.C10H9ClO3.C9H10.C8H8O.C5H8O3.4CH4.ClH/c1-18(2)22-11-9-12-23(19(3)4)26(22)28-15-16-29(17-28)27-24(20(5)6)13-10-14-25(27)21(7)8;1-13-4-6-16(7-5-13)8-9-17-10-14(2)11-18(12-17)20-15(3)19;1-11(17)20-16-9-13(8-15(19)10-16)3-2-12-4-6-14(18)7-5-12;1-3-11-5-7-12(8-6-11)16-13(15)9-4-10(2)14;1-6-3-8(10(11)13)5-9(4-6)14-7(2)12;1-3-9-6-4-8(2)5-7-9;1-2-7-3-5-8(9)6-4-7;1-4(6)2-3-5(7)8;;;;;/h9-14,17-21H,15-16H2,1-8H3;4-12H,1-3H3;2-10,18-19H,1H3;3,5-8H,1,4,9H2,2H3;3-5H,1-2H3;3-7H,1H2,2H3;2-6,9H,1H2;2-3H2,1H3,(H,7,8);4*1H4;1H/q+1;;;;;;;;;;;;/p-1/b;9-8+;3-2+;;;;;;;;;;. The van der Waals surface area contributed by atoms with Gasteiger partial charge in [0.15, 0.2) is 0 Å². The number of aromatic hydroxyl groups is 3. The molecule has 20 heteroatoms. The van der Waals surface area contributed by atoms with Gasteiger partial charge in [-0.15, -0.1) is 0 Å². The molecule has 0 fully saturated rings. The van der Waals surface area contributed by atoms with E-state index in [1.165, 1.54) is 97.1 Å². The topological polar surface area (TPSA) is 261 Å². The molecule has 10 aromatic carbocycles. The summed E-state index contributed by atoms with van der Waals surface area (Å²) in [7, 11) is 0. The zero-order chi connectivity index (χ0) is 93.0. The van der Waals surface area contributed by atoms with Crippen LogP contribution in [-0.2, 0) is 33.6 Å². The lowest BCUT2D eigenvalue weighted by Crippen LogP contribution is -3.00. The molecule has 0 saturated heterocycles. The Hall–Kier alpha value is -13.3. The molecule has 0 radical (unpaired) electrons. The Morgan fingerprint density at radius 1 is 0.392 bits per heavy atom. The highest BCUT2D eigenvalue weighted by Gasteiger charge is 2.31. The number of carbonyl (C=O) groups is 8. The summed E-state index contributed by atoms with van der Waals surface area (Å²) in [6, 6.07) is 66.0. The van der Waals surface area contributed by atoms with E-state index in [9.17, 15) is 48.6 Å². The van der Waals surface area contributed by atoms with E-state index in [0.717, 1.165) is 52.0 Å². The summed E-state index contributed by atoms with van der Waals surface area (Å²) in [5, 5.41) is 35.0. The quantitative estimate of drug-likeness (QED) is 0.0144. The van der Waals surface area contributed by atoms with Crippen LogP contribution < -0.4 is 36.3 Å². The molecule has 1 aliphatic heterocycles. The minimum atomic E-state index is -0.916. The number of halogens is 2. The van der Waals surface area contributed by atoms with Crippen LogP contribution in [0.5, 0.6) is 40.2 Å². The molecular formula is C110H136Cl2N2O16. The molecule has 18 nitrogen and oxygen atoms in total. The number of Topliss-reactive ketones (excluding diaryl/α,β-unsaturated/α-hetero) is 2. The Kier molecular flexibility index (Phi) is 56.6. The third-order valence-corrected chi connectivity index (χ3v) is 18.5. The van der Waals surface area contributed by atoms with Gasteiger partial charge in [0.2, 0.25) is 6.34 Å². The molecule has 0 bridgehead atoms. The average molecular weight is 1810 g/mol. The summed E-state index contributed by atoms with van der Waals surface area (Å²) in [4.78, 5) is 87.7. The predicted octanol–water partition coefficient (Wildman–Crippen LogP) is 24.5. The fourth-order valence-corrected chi connectivity index (χ4v) is 12.1.